The Kier molecular flexibility index (Phi) is 5.20. The van der Waals surface area contributed by atoms with Crippen LogP contribution in [0.5, 0.6) is 0 Å². The van der Waals surface area contributed by atoms with E-state index in [1.807, 2.05) is 0 Å². The van der Waals surface area contributed by atoms with Gasteiger partial charge in [0, 0.05) is 15.4 Å². The summed E-state index contributed by atoms with van der Waals surface area (Å²) in [6.45, 7) is 0. The van der Waals surface area contributed by atoms with E-state index in [-0.39, 0.29) is 18.7 Å². The molecule has 2 atom stereocenters. The summed E-state index contributed by atoms with van der Waals surface area (Å²) >= 11 is 9.12. The van der Waals surface area contributed by atoms with Gasteiger partial charge in [0.25, 0.3) is 0 Å². The van der Waals surface area contributed by atoms with E-state index in [0.717, 1.165) is 0 Å². The molecule has 1 aliphatic carbocycles. The summed E-state index contributed by atoms with van der Waals surface area (Å²) in [7, 11) is 0. The summed E-state index contributed by atoms with van der Waals surface area (Å²) in [5.74, 6) is -2.38. The van der Waals surface area contributed by atoms with Crippen LogP contribution in [0.3, 0.4) is 0 Å². The maximum absolute atomic E-state index is 12.8. The van der Waals surface area contributed by atoms with E-state index in [1.165, 1.54) is 0 Å². The molecule has 0 aromatic heterocycles. The van der Waals surface area contributed by atoms with Gasteiger partial charge in [-0.25, -0.2) is 0 Å². The Hall–Kier alpha value is -0.750. The molecule has 0 spiro atoms. The molecule has 0 aliphatic heterocycles. The molecule has 1 N–H and O–H groups in total. The Morgan fingerprint density at radius 2 is 2.05 bits per heavy atom. The third-order valence-corrected chi connectivity index (χ3v) is 4.62. The van der Waals surface area contributed by atoms with Crippen molar-refractivity contribution < 1.29 is 18.0 Å². The zero-order valence-electron chi connectivity index (χ0n) is 11.0. The largest absolute Gasteiger partial charge is 0.391 e. The second-order valence-electron chi connectivity index (χ2n) is 5.22. The third kappa shape index (κ3) is 4.36. The molecule has 0 radical (unpaired) electrons. The lowest BCUT2D eigenvalue weighted by atomic mass is 9.80. The average Bonchev–Trinajstić information content (AvgIpc) is 2.42. The molecule has 2 rings (SSSR count). The number of rotatable bonds is 2. The van der Waals surface area contributed by atoms with Crippen molar-refractivity contribution in [2.24, 2.45) is 11.8 Å². The van der Waals surface area contributed by atoms with E-state index in [1.54, 1.807) is 18.2 Å². The molecule has 21 heavy (non-hydrogen) atoms. The van der Waals surface area contributed by atoms with Crippen molar-refractivity contribution in [2.45, 2.75) is 31.9 Å². The number of hydrogen-bond acceptors (Lipinski definition) is 1. The van der Waals surface area contributed by atoms with E-state index in [2.05, 4.69) is 21.2 Å². The molecular weight excluding hydrogens is 371 g/mol. The van der Waals surface area contributed by atoms with Gasteiger partial charge < -0.3 is 5.32 Å². The highest BCUT2D eigenvalue weighted by atomic mass is 79.9. The van der Waals surface area contributed by atoms with Gasteiger partial charge in [-0.05, 0) is 53.4 Å². The molecule has 2 unspecified atom stereocenters. The highest BCUT2D eigenvalue weighted by Crippen LogP contribution is 2.40. The van der Waals surface area contributed by atoms with Gasteiger partial charge in [-0.15, -0.1) is 0 Å². The van der Waals surface area contributed by atoms with Gasteiger partial charge in [0.2, 0.25) is 5.91 Å². The first-order valence-corrected chi connectivity index (χ1v) is 7.77. The minimum Gasteiger partial charge on any atom is -0.325 e. The number of nitrogens with one attached hydrogen (secondary N) is 1. The predicted octanol–water partition coefficient (Wildman–Crippen LogP) is 5.41. The zero-order valence-corrected chi connectivity index (χ0v) is 13.4. The normalized spacial score (nSPS) is 22.9. The van der Waals surface area contributed by atoms with Crippen LogP contribution in [-0.4, -0.2) is 12.1 Å². The quantitative estimate of drug-likeness (QED) is 0.726. The van der Waals surface area contributed by atoms with Gasteiger partial charge in [-0.2, -0.15) is 13.2 Å². The van der Waals surface area contributed by atoms with Crippen LogP contribution in [0.15, 0.2) is 22.7 Å². The second kappa shape index (κ2) is 6.57. The van der Waals surface area contributed by atoms with E-state index >= 15 is 0 Å². The number of anilines is 1. The Balaban J connectivity index is 2.04. The van der Waals surface area contributed by atoms with Crippen LogP contribution in [-0.2, 0) is 4.79 Å². The number of alkyl halides is 3. The highest BCUT2D eigenvalue weighted by Gasteiger charge is 2.43. The van der Waals surface area contributed by atoms with Gasteiger partial charge in [0.05, 0.1) is 11.6 Å². The minimum absolute atomic E-state index is 0.105. The van der Waals surface area contributed by atoms with Crippen molar-refractivity contribution in [3.63, 3.8) is 0 Å². The van der Waals surface area contributed by atoms with Crippen molar-refractivity contribution >= 4 is 39.1 Å². The fraction of sp³-hybridized carbons (Fsp3) is 0.500. The molecule has 0 heterocycles. The van der Waals surface area contributed by atoms with Gasteiger partial charge in [0.1, 0.15) is 0 Å². The molecule has 1 fully saturated rings. The standard InChI is InChI=1S/C14H14BrClF3NO/c15-11-5-4-10(16)7-12(11)20-13(21)8-2-1-3-9(6-8)14(17,18)19/h4-5,7-9H,1-3,6H2,(H,20,21). The molecule has 1 aromatic carbocycles. The first kappa shape index (κ1) is 16.6. The predicted molar refractivity (Wildman–Crippen MR) is 79.3 cm³/mol. The molecule has 7 heteroatoms. The fourth-order valence-corrected chi connectivity index (χ4v) is 3.07. The van der Waals surface area contributed by atoms with Gasteiger partial charge >= 0.3 is 6.18 Å². The number of carbonyl (C=O) groups excluding carboxylic acids is 1. The van der Waals surface area contributed by atoms with Crippen molar-refractivity contribution in [3.8, 4) is 0 Å². The van der Waals surface area contributed by atoms with Crippen LogP contribution >= 0.6 is 27.5 Å². The van der Waals surface area contributed by atoms with Crippen LogP contribution in [0.2, 0.25) is 5.02 Å². The smallest absolute Gasteiger partial charge is 0.325 e. The lowest BCUT2D eigenvalue weighted by molar-refractivity contribution is -0.185. The molecule has 1 aromatic rings. The first-order chi connectivity index (χ1) is 9.77. The maximum Gasteiger partial charge on any atom is 0.391 e. The summed E-state index contributed by atoms with van der Waals surface area (Å²) in [5, 5.41) is 3.10. The van der Waals surface area contributed by atoms with Crippen LogP contribution < -0.4 is 5.32 Å². The SMILES string of the molecule is O=C(Nc1cc(Cl)ccc1Br)C1CCCC(C(F)(F)F)C1. The van der Waals surface area contributed by atoms with Gasteiger partial charge in [0.15, 0.2) is 0 Å². The number of amides is 1. The Labute approximate surface area is 134 Å². The summed E-state index contributed by atoms with van der Waals surface area (Å²) < 4.78 is 38.9. The van der Waals surface area contributed by atoms with Crippen molar-refractivity contribution in [1.82, 2.24) is 0 Å². The zero-order chi connectivity index (χ0) is 15.6. The highest BCUT2D eigenvalue weighted by molar-refractivity contribution is 9.10. The minimum atomic E-state index is -4.23. The molecule has 116 valence electrons. The van der Waals surface area contributed by atoms with Crippen molar-refractivity contribution in [1.29, 1.82) is 0 Å². The van der Waals surface area contributed by atoms with E-state index in [4.69, 9.17) is 11.6 Å². The van der Waals surface area contributed by atoms with Crippen LogP contribution in [0, 0.1) is 11.8 Å². The molecule has 2 nitrogen and oxygen atoms in total. The summed E-state index contributed by atoms with van der Waals surface area (Å²) in [6, 6.07) is 4.90. The summed E-state index contributed by atoms with van der Waals surface area (Å²) in [5.41, 5.74) is 0.474. The maximum atomic E-state index is 12.8. The number of halogens is 5. The first-order valence-electron chi connectivity index (χ1n) is 6.60. The Morgan fingerprint density at radius 3 is 2.71 bits per heavy atom. The monoisotopic (exact) mass is 383 g/mol. The van der Waals surface area contributed by atoms with E-state index in [9.17, 15) is 18.0 Å². The Morgan fingerprint density at radius 1 is 1.33 bits per heavy atom. The molecule has 1 saturated carbocycles. The topological polar surface area (TPSA) is 29.1 Å². The summed E-state index contributed by atoms with van der Waals surface area (Å²) in [4.78, 5) is 12.2. The fourth-order valence-electron chi connectivity index (χ4n) is 2.55. The van der Waals surface area contributed by atoms with Crippen molar-refractivity contribution in [3.05, 3.63) is 27.7 Å². The lowest BCUT2D eigenvalue weighted by Crippen LogP contribution is -2.34. The molecule has 0 saturated heterocycles. The third-order valence-electron chi connectivity index (χ3n) is 3.69. The molecule has 0 bridgehead atoms. The molecular formula is C14H14BrClF3NO. The number of carbonyl (C=O) groups is 1. The average molecular weight is 385 g/mol. The molecule has 1 aliphatic rings. The number of benzene rings is 1. The van der Waals surface area contributed by atoms with Crippen LogP contribution in [0.4, 0.5) is 18.9 Å². The lowest BCUT2D eigenvalue weighted by Gasteiger charge is -2.29. The van der Waals surface area contributed by atoms with E-state index < -0.39 is 18.0 Å². The Bertz CT molecular complexity index is 535. The second-order valence-corrected chi connectivity index (χ2v) is 6.51. The van der Waals surface area contributed by atoms with Gasteiger partial charge in [-0.1, -0.05) is 18.0 Å². The summed E-state index contributed by atoms with van der Waals surface area (Å²) in [6.07, 6.45) is -3.37. The van der Waals surface area contributed by atoms with Gasteiger partial charge in [-0.3, -0.25) is 4.79 Å². The van der Waals surface area contributed by atoms with Crippen molar-refractivity contribution in [2.75, 3.05) is 5.32 Å². The van der Waals surface area contributed by atoms with Crippen LogP contribution in [0.25, 0.3) is 0 Å². The number of hydrogen-bond donors (Lipinski definition) is 1. The van der Waals surface area contributed by atoms with Crippen LogP contribution in [0.1, 0.15) is 25.7 Å². The van der Waals surface area contributed by atoms with E-state index in [0.29, 0.717) is 28.0 Å². The molecule has 1 amide bonds.